The zero-order chi connectivity index (χ0) is 14.9. The highest BCUT2D eigenvalue weighted by molar-refractivity contribution is 7.89. The Hall–Kier alpha value is -1.14. The van der Waals surface area contributed by atoms with Crippen LogP contribution in [0.5, 0.6) is 0 Å². The second-order valence-electron chi connectivity index (χ2n) is 5.58. The largest absolute Gasteiger partial charge is 0.396 e. The molecular formula is C14H21FN2O2S. The lowest BCUT2D eigenvalue weighted by molar-refractivity contribution is 0.416. The maximum absolute atomic E-state index is 13.4. The van der Waals surface area contributed by atoms with Gasteiger partial charge in [-0.1, -0.05) is 6.92 Å². The second kappa shape index (κ2) is 5.69. The molecule has 1 aliphatic heterocycles. The van der Waals surface area contributed by atoms with Crippen molar-refractivity contribution in [1.29, 1.82) is 0 Å². The summed E-state index contributed by atoms with van der Waals surface area (Å²) in [7, 11) is -3.59. The molecular weight excluding hydrogens is 279 g/mol. The Morgan fingerprint density at radius 1 is 1.30 bits per heavy atom. The minimum absolute atomic E-state index is 0.117. The van der Waals surface area contributed by atoms with E-state index in [9.17, 15) is 12.8 Å². The van der Waals surface area contributed by atoms with Crippen LogP contribution in [0.1, 0.15) is 31.7 Å². The Kier molecular flexibility index (Phi) is 4.34. The quantitative estimate of drug-likeness (QED) is 0.854. The van der Waals surface area contributed by atoms with Gasteiger partial charge in [0.2, 0.25) is 10.0 Å². The summed E-state index contributed by atoms with van der Waals surface area (Å²) in [4.78, 5) is 0.117. The highest BCUT2D eigenvalue weighted by Crippen LogP contribution is 2.27. The van der Waals surface area contributed by atoms with E-state index in [4.69, 9.17) is 5.73 Å². The molecule has 0 aliphatic carbocycles. The monoisotopic (exact) mass is 300 g/mol. The average molecular weight is 300 g/mol. The van der Waals surface area contributed by atoms with Crippen molar-refractivity contribution in [1.82, 2.24) is 4.31 Å². The number of rotatable bonds is 2. The van der Waals surface area contributed by atoms with E-state index in [-0.39, 0.29) is 10.6 Å². The fourth-order valence-electron chi connectivity index (χ4n) is 2.56. The second-order valence-corrected chi connectivity index (χ2v) is 7.49. The van der Waals surface area contributed by atoms with Gasteiger partial charge in [0.15, 0.2) is 0 Å². The number of aryl methyl sites for hydroxylation is 1. The lowest BCUT2D eigenvalue weighted by Gasteiger charge is -2.21. The third kappa shape index (κ3) is 2.96. The number of halogens is 1. The molecule has 20 heavy (non-hydrogen) atoms. The predicted molar refractivity (Wildman–Crippen MR) is 77.3 cm³/mol. The van der Waals surface area contributed by atoms with Crippen LogP contribution in [0.2, 0.25) is 0 Å². The van der Waals surface area contributed by atoms with Crippen LogP contribution in [-0.2, 0) is 10.0 Å². The normalized spacial score (nSPS) is 21.6. The van der Waals surface area contributed by atoms with Crippen LogP contribution in [0.4, 0.5) is 10.1 Å². The van der Waals surface area contributed by atoms with Crippen LogP contribution in [0.25, 0.3) is 0 Å². The van der Waals surface area contributed by atoms with Gasteiger partial charge in [-0.3, -0.25) is 0 Å². The van der Waals surface area contributed by atoms with E-state index in [2.05, 4.69) is 6.92 Å². The molecule has 6 heteroatoms. The van der Waals surface area contributed by atoms with Gasteiger partial charge in [-0.05, 0) is 49.8 Å². The topological polar surface area (TPSA) is 63.4 Å². The third-order valence-electron chi connectivity index (χ3n) is 3.89. The summed E-state index contributed by atoms with van der Waals surface area (Å²) in [5.41, 5.74) is 5.78. The molecule has 1 heterocycles. The number of nitrogen functional groups attached to an aromatic ring is 1. The number of hydrogen-bond donors (Lipinski definition) is 1. The minimum atomic E-state index is -3.59. The highest BCUT2D eigenvalue weighted by atomic mass is 32.2. The van der Waals surface area contributed by atoms with E-state index < -0.39 is 15.8 Å². The summed E-state index contributed by atoms with van der Waals surface area (Å²) < 4.78 is 40.2. The first-order valence-corrected chi connectivity index (χ1v) is 8.32. The van der Waals surface area contributed by atoms with Crippen molar-refractivity contribution in [3.63, 3.8) is 0 Å². The van der Waals surface area contributed by atoms with Crippen molar-refractivity contribution in [2.45, 2.75) is 38.0 Å². The number of anilines is 1. The molecule has 1 aromatic carbocycles. The highest BCUT2D eigenvalue weighted by Gasteiger charge is 2.28. The van der Waals surface area contributed by atoms with E-state index in [1.165, 1.54) is 16.4 Å². The minimum Gasteiger partial charge on any atom is -0.396 e. The molecule has 0 saturated carbocycles. The standard InChI is InChI=1S/C14H21FN2O2S/c1-10-4-3-6-17(7-5-10)20(18,19)14-9-13(16)12(15)8-11(14)2/h8-10H,3-7,16H2,1-2H3. The van der Waals surface area contributed by atoms with Gasteiger partial charge in [-0.2, -0.15) is 4.31 Å². The number of nitrogens with zero attached hydrogens (tertiary/aromatic N) is 1. The molecule has 1 unspecified atom stereocenters. The van der Waals surface area contributed by atoms with Gasteiger partial charge in [0, 0.05) is 13.1 Å². The summed E-state index contributed by atoms with van der Waals surface area (Å²) in [6.07, 6.45) is 2.75. The van der Waals surface area contributed by atoms with Gasteiger partial charge in [0.05, 0.1) is 10.6 Å². The number of sulfonamides is 1. The molecule has 1 aromatic rings. The van der Waals surface area contributed by atoms with Crippen molar-refractivity contribution in [3.8, 4) is 0 Å². The van der Waals surface area contributed by atoms with Gasteiger partial charge < -0.3 is 5.73 Å². The van der Waals surface area contributed by atoms with E-state index in [0.717, 1.165) is 19.3 Å². The summed E-state index contributed by atoms with van der Waals surface area (Å²) in [5, 5.41) is 0. The molecule has 1 aliphatic rings. The molecule has 0 spiro atoms. The fourth-order valence-corrected chi connectivity index (χ4v) is 4.30. The molecule has 0 aromatic heterocycles. The van der Waals surface area contributed by atoms with Gasteiger partial charge in [-0.25, -0.2) is 12.8 Å². The van der Waals surface area contributed by atoms with E-state index >= 15 is 0 Å². The average Bonchev–Trinajstić information content (AvgIpc) is 2.59. The summed E-state index contributed by atoms with van der Waals surface area (Å²) in [5.74, 6) is -0.0412. The molecule has 0 bridgehead atoms. The van der Waals surface area contributed by atoms with E-state index in [1.54, 1.807) is 6.92 Å². The first-order chi connectivity index (χ1) is 9.32. The van der Waals surface area contributed by atoms with Gasteiger partial charge in [0.25, 0.3) is 0 Å². The molecule has 1 saturated heterocycles. The summed E-state index contributed by atoms with van der Waals surface area (Å²) >= 11 is 0. The van der Waals surface area contributed by atoms with E-state index in [1.807, 2.05) is 0 Å². The Balaban J connectivity index is 2.37. The smallest absolute Gasteiger partial charge is 0.243 e. The number of nitrogens with two attached hydrogens (primary N) is 1. The van der Waals surface area contributed by atoms with Gasteiger partial charge in [-0.15, -0.1) is 0 Å². The predicted octanol–water partition coefficient (Wildman–Crippen LogP) is 2.53. The maximum atomic E-state index is 13.4. The summed E-state index contributed by atoms with van der Waals surface area (Å²) in [6, 6.07) is 2.41. The Morgan fingerprint density at radius 2 is 2.00 bits per heavy atom. The van der Waals surface area contributed by atoms with Crippen molar-refractivity contribution in [2.24, 2.45) is 5.92 Å². The summed E-state index contributed by atoms with van der Waals surface area (Å²) in [6.45, 7) is 4.76. The zero-order valence-electron chi connectivity index (χ0n) is 11.9. The van der Waals surface area contributed by atoms with Crippen molar-refractivity contribution >= 4 is 15.7 Å². The molecule has 0 radical (unpaired) electrons. The van der Waals surface area contributed by atoms with Crippen LogP contribution in [-0.4, -0.2) is 25.8 Å². The van der Waals surface area contributed by atoms with Crippen molar-refractivity contribution in [3.05, 3.63) is 23.5 Å². The first kappa shape index (κ1) is 15.3. The Morgan fingerprint density at radius 3 is 2.70 bits per heavy atom. The van der Waals surface area contributed by atoms with Crippen molar-refractivity contribution in [2.75, 3.05) is 18.8 Å². The molecule has 112 valence electrons. The first-order valence-electron chi connectivity index (χ1n) is 6.88. The third-order valence-corrected chi connectivity index (χ3v) is 5.93. The lowest BCUT2D eigenvalue weighted by atomic mass is 10.0. The molecule has 4 nitrogen and oxygen atoms in total. The van der Waals surface area contributed by atoms with Crippen LogP contribution in [0.3, 0.4) is 0 Å². The maximum Gasteiger partial charge on any atom is 0.243 e. The van der Waals surface area contributed by atoms with Crippen LogP contribution in [0.15, 0.2) is 17.0 Å². The Bertz CT molecular complexity index is 601. The SMILES string of the molecule is Cc1cc(F)c(N)cc1S(=O)(=O)N1CCCC(C)CC1. The van der Waals surface area contributed by atoms with Gasteiger partial charge >= 0.3 is 0 Å². The van der Waals surface area contributed by atoms with Crippen LogP contribution in [0, 0.1) is 18.7 Å². The molecule has 1 atom stereocenters. The molecule has 2 N–H and O–H groups in total. The molecule has 1 fully saturated rings. The van der Waals surface area contributed by atoms with Crippen LogP contribution < -0.4 is 5.73 Å². The molecule has 2 rings (SSSR count). The molecule has 0 amide bonds. The fraction of sp³-hybridized carbons (Fsp3) is 0.571. The zero-order valence-corrected chi connectivity index (χ0v) is 12.7. The lowest BCUT2D eigenvalue weighted by Crippen LogP contribution is -2.32. The Labute approximate surface area is 119 Å². The number of benzene rings is 1. The van der Waals surface area contributed by atoms with Crippen molar-refractivity contribution < 1.29 is 12.8 Å². The number of hydrogen-bond acceptors (Lipinski definition) is 3. The van der Waals surface area contributed by atoms with Gasteiger partial charge in [0.1, 0.15) is 5.82 Å². The van der Waals surface area contributed by atoms with Crippen LogP contribution >= 0.6 is 0 Å². The van der Waals surface area contributed by atoms with E-state index in [0.29, 0.717) is 24.6 Å².